The van der Waals surface area contributed by atoms with Crippen LogP contribution in [0.1, 0.15) is 17.4 Å². The Labute approximate surface area is 110 Å². The van der Waals surface area contributed by atoms with Crippen molar-refractivity contribution in [2.75, 3.05) is 12.9 Å². The fraction of sp³-hybridized carbons (Fsp3) is 0.231. The van der Waals surface area contributed by atoms with E-state index in [1.807, 2.05) is 30.5 Å². The molecule has 0 spiro atoms. The molecule has 4 nitrogen and oxygen atoms in total. The first kappa shape index (κ1) is 12.7. The number of imidazole rings is 1. The molecule has 1 aromatic heterocycles. The number of carbonyl (C=O) groups is 1. The number of carbonyl (C=O) groups excluding carboxylic acids is 1. The first-order chi connectivity index (χ1) is 8.74. The molecule has 0 aliphatic carbocycles. The summed E-state index contributed by atoms with van der Waals surface area (Å²) in [6.07, 6.45) is 5.32. The van der Waals surface area contributed by atoms with Gasteiger partial charge in [-0.3, -0.25) is 0 Å². The normalized spacial score (nSPS) is 10.3. The fourth-order valence-electron chi connectivity index (χ4n) is 1.53. The van der Waals surface area contributed by atoms with Gasteiger partial charge in [0.15, 0.2) is 5.69 Å². The Morgan fingerprint density at radius 3 is 2.72 bits per heavy atom. The van der Waals surface area contributed by atoms with Crippen LogP contribution in [0.4, 0.5) is 0 Å². The number of esters is 1. The van der Waals surface area contributed by atoms with Crippen LogP contribution < -0.4 is 0 Å². The summed E-state index contributed by atoms with van der Waals surface area (Å²) in [4.78, 5) is 16.7. The predicted octanol–water partition coefficient (Wildman–Crippen LogP) is 2.77. The number of thioether (sulfide) groups is 1. The second kappa shape index (κ2) is 5.73. The van der Waals surface area contributed by atoms with Crippen LogP contribution in [0.2, 0.25) is 0 Å². The van der Waals surface area contributed by atoms with Gasteiger partial charge in [-0.15, -0.1) is 11.8 Å². The van der Waals surface area contributed by atoms with Crippen molar-refractivity contribution in [3.63, 3.8) is 0 Å². The molecule has 0 unspecified atom stereocenters. The topological polar surface area (TPSA) is 44.1 Å². The minimum atomic E-state index is -0.392. The predicted molar refractivity (Wildman–Crippen MR) is 71.3 cm³/mol. The van der Waals surface area contributed by atoms with Gasteiger partial charge < -0.3 is 9.30 Å². The maximum absolute atomic E-state index is 11.5. The van der Waals surface area contributed by atoms with Gasteiger partial charge in [-0.2, -0.15) is 0 Å². The van der Waals surface area contributed by atoms with E-state index in [9.17, 15) is 4.79 Å². The zero-order valence-electron chi connectivity index (χ0n) is 10.3. The van der Waals surface area contributed by atoms with Gasteiger partial charge in [-0.1, -0.05) is 0 Å². The summed E-state index contributed by atoms with van der Waals surface area (Å²) in [5, 5.41) is 0. The van der Waals surface area contributed by atoms with Gasteiger partial charge in [-0.05, 0) is 37.4 Å². The van der Waals surface area contributed by atoms with Crippen LogP contribution in [0.5, 0.6) is 0 Å². The van der Waals surface area contributed by atoms with Gasteiger partial charge in [0, 0.05) is 16.8 Å². The van der Waals surface area contributed by atoms with Crippen molar-refractivity contribution in [2.24, 2.45) is 0 Å². The van der Waals surface area contributed by atoms with Crippen molar-refractivity contribution in [3.8, 4) is 5.69 Å². The highest BCUT2D eigenvalue weighted by molar-refractivity contribution is 7.98. The maximum Gasteiger partial charge on any atom is 0.358 e. The van der Waals surface area contributed by atoms with Crippen LogP contribution in [0.3, 0.4) is 0 Å². The van der Waals surface area contributed by atoms with Crippen molar-refractivity contribution in [3.05, 3.63) is 42.5 Å². The minimum Gasteiger partial charge on any atom is -0.461 e. The molecular formula is C13H14N2O2S. The maximum atomic E-state index is 11.5. The van der Waals surface area contributed by atoms with E-state index in [2.05, 4.69) is 4.98 Å². The lowest BCUT2D eigenvalue weighted by Crippen LogP contribution is -2.04. The highest BCUT2D eigenvalue weighted by Crippen LogP contribution is 2.17. The number of rotatable bonds is 4. The molecule has 1 aromatic carbocycles. The average Bonchev–Trinajstić information content (AvgIpc) is 2.89. The molecule has 0 saturated carbocycles. The van der Waals surface area contributed by atoms with Gasteiger partial charge in [0.25, 0.3) is 0 Å². The monoisotopic (exact) mass is 262 g/mol. The molecule has 0 fully saturated rings. The second-order valence-corrected chi connectivity index (χ2v) is 4.46. The highest BCUT2D eigenvalue weighted by atomic mass is 32.2. The molecule has 0 atom stereocenters. The molecule has 0 aliphatic rings. The van der Waals surface area contributed by atoms with Crippen molar-refractivity contribution in [1.82, 2.24) is 9.55 Å². The molecule has 94 valence electrons. The zero-order valence-corrected chi connectivity index (χ0v) is 11.1. The fourth-order valence-corrected chi connectivity index (χ4v) is 1.94. The summed E-state index contributed by atoms with van der Waals surface area (Å²) in [5.41, 5.74) is 1.29. The van der Waals surface area contributed by atoms with E-state index < -0.39 is 5.97 Å². The standard InChI is InChI=1S/C13H14N2O2S/c1-3-17-13(16)12-8-15(9-14-12)10-4-6-11(18-2)7-5-10/h4-9H,3H2,1-2H3. The van der Waals surface area contributed by atoms with Gasteiger partial charge in [0.1, 0.15) is 6.33 Å². The number of ether oxygens (including phenoxy) is 1. The van der Waals surface area contributed by atoms with Crippen molar-refractivity contribution >= 4 is 17.7 Å². The van der Waals surface area contributed by atoms with E-state index >= 15 is 0 Å². The van der Waals surface area contributed by atoms with Crippen LogP contribution in [-0.4, -0.2) is 28.4 Å². The summed E-state index contributed by atoms with van der Waals surface area (Å²) in [7, 11) is 0. The van der Waals surface area contributed by atoms with Gasteiger partial charge in [0.2, 0.25) is 0 Å². The molecule has 2 aromatic rings. The molecule has 18 heavy (non-hydrogen) atoms. The summed E-state index contributed by atoms with van der Waals surface area (Å²) in [6, 6.07) is 8.04. The first-order valence-electron chi connectivity index (χ1n) is 5.60. The molecule has 1 heterocycles. The zero-order chi connectivity index (χ0) is 13.0. The van der Waals surface area contributed by atoms with Crippen molar-refractivity contribution in [2.45, 2.75) is 11.8 Å². The van der Waals surface area contributed by atoms with Crippen LogP contribution >= 0.6 is 11.8 Å². The Kier molecular flexibility index (Phi) is 4.04. The number of aromatic nitrogens is 2. The summed E-state index contributed by atoms with van der Waals surface area (Å²) in [6.45, 7) is 2.13. The Bertz CT molecular complexity index is 534. The molecule has 0 amide bonds. The molecule has 0 bridgehead atoms. The summed E-state index contributed by atoms with van der Waals surface area (Å²) >= 11 is 1.69. The van der Waals surface area contributed by atoms with E-state index in [1.54, 1.807) is 35.8 Å². The third kappa shape index (κ3) is 2.73. The number of nitrogens with zero attached hydrogens (tertiary/aromatic N) is 2. The lowest BCUT2D eigenvalue weighted by Gasteiger charge is -2.02. The third-order valence-corrected chi connectivity index (χ3v) is 3.18. The molecule has 0 N–H and O–H groups in total. The van der Waals surface area contributed by atoms with Gasteiger partial charge >= 0.3 is 5.97 Å². The Balaban J connectivity index is 2.20. The molecule has 0 radical (unpaired) electrons. The molecule has 5 heteroatoms. The van der Waals surface area contributed by atoms with Crippen molar-refractivity contribution < 1.29 is 9.53 Å². The van der Waals surface area contributed by atoms with Crippen LogP contribution in [0, 0.1) is 0 Å². The van der Waals surface area contributed by atoms with E-state index in [1.165, 1.54) is 4.90 Å². The summed E-state index contributed by atoms with van der Waals surface area (Å²) < 4.78 is 6.70. The second-order valence-electron chi connectivity index (χ2n) is 3.58. The van der Waals surface area contributed by atoms with E-state index in [0.29, 0.717) is 12.3 Å². The summed E-state index contributed by atoms with van der Waals surface area (Å²) in [5.74, 6) is -0.392. The first-order valence-corrected chi connectivity index (χ1v) is 6.82. The van der Waals surface area contributed by atoms with Gasteiger partial charge in [0.05, 0.1) is 6.61 Å². The molecule has 0 saturated heterocycles. The Hall–Kier alpha value is -1.75. The minimum absolute atomic E-state index is 0.325. The molecule has 2 rings (SSSR count). The Morgan fingerprint density at radius 2 is 2.11 bits per heavy atom. The van der Waals surface area contributed by atoms with Crippen LogP contribution in [0.25, 0.3) is 5.69 Å². The average molecular weight is 262 g/mol. The number of hydrogen-bond acceptors (Lipinski definition) is 4. The van der Waals surface area contributed by atoms with Gasteiger partial charge in [-0.25, -0.2) is 9.78 Å². The lowest BCUT2D eigenvalue weighted by atomic mass is 10.3. The van der Waals surface area contributed by atoms with Crippen molar-refractivity contribution in [1.29, 1.82) is 0 Å². The number of benzene rings is 1. The van der Waals surface area contributed by atoms with Crippen LogP contribution in [0.15, 0.2) is 41.7 Å². The lowest BCUT2D eigenvalue weighted by molar-refractivity contribution is 0.0520. The van der Waals surface area contributed by atoms with E-state index in [-0.39, 0.29) is 0 Å². The smallest absolute Gasteiger partial charge is 0.358 e. The largest absolute Gasteiger partial charge is 0.461 e. The number of hydrogen-bond donors (Lipinski definition) is 0. The van der Waals surface area contributed by atoms with Crippen LogP contribution in [-0.2, 0) is 4.74 Å². The molecular weight excluding hydrogens is 248 g/mol. The third-order valence-electron chi connectivity index (χ3n) is 2.44. The quantitative estimate of drug-likeness (QED) is 0.628. The van der Waals surface area contributed by atoms with E-state index in [4.69, 9.17) is 4.74 Å². The highest BCUT2D eigenvalue weighted by Gasteiger charge is 2.10. The Morgan fingerprint density at radius 1 is 1.39 bits per heavy atom. The SMILES string of the molecule is CCOC(=O)c1cn(-c2ccc(SC)cc2)cn1. The van der Waals surface area contributed by atoms with E-state index in [0.717, 1.165) is 5.69 Å². The molecule has 0 aliphatic heterocycles.